The van der Waals surface area contributed by atoms with Gasteiger partial charge in [0.15, 0.2) is 11.6 Å². The third-order valence-electron chi connectivity index (χ3n) is 4.55. The van der Waals surface area contributed by atoms with Crippen molar-refractivity contribution in [1.29, 1.82) is 5.26 Å². The molecule has 1 unspecified atom stereocenters. The van der Waals surface area contributed by atoms with E-state index in [0.29, 0.717) is 23.7 Å². The molecule has 1 aliphatic rings. The van der Waals surface area contributed by atoms with Gasteiger partial charge in [0.2, 0.25) is 5.82 Å². The van der Waals surface area contributed by atoms with Crippen LogP contribution in [0.5, 0.6) is 5.75 Å². The minimum Gasteiger partial charge on any atom is -0.487 e. The molecule has 3 aromatic rings. The third kappa shape index (κ3) is 3.81. The maximum absolute atomic E-state index is 12.7. The van der Waals surface area contributed by atoms with Crippen LogP contribution in [-0.4, -0.2) is 51.3 Å². The van der Waals surface area contributed by atoms with Crippen LogP contribution in [0, 0.1) is 11.3 Å². The summed E-state index contributed by atoms with van der Waals surface area (Å²) in [4.78, 5) is 34.8. The van der Waals surface area contributed by atoms with Crippen molar-refractivity contribution in [2.75, 3.05) is 18.6 Å². The number of hydrogen-bond donors (Lipinski definition) is 1. The first kappa shape index (κ1) is 19.1. The standard InChI is InChI=1S/C20H17N7O3/c1-26-18-16(6-3-7-22-18)30-11-15(20(26)29)24-19(28)17-23-12-27(25-17)10-14-5-2-4-13(8-14)9-21/h2-8,12,15H,10-11H2,1H3,(H,24,28). The zero-order chi connectivity index (χ0) is 21.1. The first-order valence-corrected chi connectivity index (χ1v) is 9.10. The Labute approximate surface area is 171 Å². The lowest BCUT2D eigenvalue weighted by Gasteiger charge is -2.18. The molecule has 2 amide bonds. The average Bonchev–Trinajstić information content (AvgIpc) is 3.20. The molecule has 1 atom stereocenters. The molecule has 10 heteroatoms. The van der Waals surface area contributed by atoms with Crippen LogP contribution in [0.2, 0.25) is 0 Å². The number of carbonyl (C=O) groups excluding carboxylic acids is 2. The second kappa shape index (κ2) is 8.00. The first-order valence-electron chi connectivity index (χ1n) is 9.10. The molecule has 0 spiro atoms. The van der Waals surface area contributed by atoms with E-state index < -0.39 is 11.9 Å². The fourth-order valence-corrected chi connectivity index (χ4v) is 3.06. The highest BCUT2D eigenvalue weighted by molar-refractivity contribution is 6.01. The van der Waals surface area contributed by atoms with Crippen LogP contribution in [0.3, 0.4) is 0 Å². The van der Waals surface area contributed by atoms with E-state index in [1.54, 1.807) is 43.6 Å². The van der Waals surface area contributed by atoms with E-state index in [1.807, 2.05) is 6.07 Å². The van der Waals surface area contributed by atoms with E-state index in [4.69, 9.17) is 10.00 Å². The molecule has 0 radical (unpaired) electrons. The normalized spacial score (nSPS) is 15.5. The molecule has 1 aliphatic heterocycles. The number of aromatic nitrogens is 4. The van der Waals surface area contributed by atoms with Crippen molar-refractivity contribution < 1.29 is 14.3 Å². The number of ether oxygens (including phenoxy) is 1. The first-order chi connectivity index (χ1) is 14.5. The zero-order valence-electron chi connectivity index (χ0n) is 16.0. The Morgan fingerprint density at radius 1 is 1.33 bits per heavy atom. The number of nitriles is 1. The second-order valence-corrected chi connectivity index (χ2v) is 6.64. The number of hydrogen-bond acceptors (Lipinski definition) is 7. The maximum Gasteiger partial charge on any atom is 0.291 e. The lowest BCUT2D eigenvalue weighted by Crippen LogP contribution is -2.49. The lowest BCUT2D eigenvalue weighted by atomic mass is 10.1. The molecular formula is C20H17N7O3. The van der Waals surface area contributed by atoms with Crippen LogP contribution >= 0.6 is 0 Å². The molecule has 1 N–H and O–H groups in total. The Balaban J connectivity index is 1.44. The predicted molar refractivity (Wildman–Crippen MR) is 105 cm³/mol. The SMILES string of the molecule is CN1C(=O)C(NC(=O)c2ncn(Cc3cccc(C#N)c3)n2)COc2cccnc21. The number of benzene rings is 1. The van der Waals surface area contributed by atoms with Crippen LogP contribution in [0.15, 0.2) is 48.9 Å². The monoisotopic (exact) mass is 403 g/mol. The number of rotatable bonds is 4. The van der Waals surface area contributed by atoms with Gasteiger partial charge in [-0.05, 0) is 29.8 Å². The van der Waals surface area contributed by atoms with Gasteiger partial charge in [0.25, 0.3) is 11.8 Å². The Morgan fingerprint density at radius 2 is 2.20 bits per heavy atom. The fourth-order valence-electron chi connectivity index (χ4n) is 3.06. The Kier molecular flexibility index (Phi) is 5.09. The third-order valence-corrected chi connectivity index (χ3v) is 4.55. The summed E-state index contributed by atoms with van der Waals surface area (Å²) >= 11 is 0. The van der Waals surface area contributed by atoms with Gasteiger partial charge in [0.1, 0.15) is 19.0 Å². The second-order valence-electron chi connectivity index (χ2n) is 6.64. The summed E-state index contributed by atoms with van der Waals surface area (Å²) in [6, 6.07) is 11.7. The number of likely N-dealkylation sites (N-methyl/N-ethyl adjacent to an activating group) is 1. The van der Waals surface area contributed by atoms with Gasteiger partial charge in [-0.1, -0.05) is 12.1 Å². The number of pyridine rings is 1. The number of fused-ring (bicyclic) bond motifs is 1. The molecule has 0 bridgehead atoms. The van der Waals surface area contributed by atoms with E-state index >= 15 is 0 Å². The smallest absolute Gasteiger partial charge is 0.291 e. The van der Waals surface area contributed by atoms with E-state index in [-0.39, 0.29) is 18.3 Å². The van der Waals surface area contributed by atoms with E-state index in [1.165, 1.54) is 15.9 Å². The maximum atomic E-state index is 12.7. The van der Waals surface area contributed by atoms with Gasteiger partial charge >= 0.3 is 0 Å². The molecule has 4 rings (SSSR count). The zero-order valence-corrected chi connectivity index (χ0v) is 16.0. The Bertz CT molecular complexity index is 1150. The van der Waals surface area contributed by atoms with Crippen molar-refractivity contribution in [2.24, 2.45) is 0 Å². The van der Waals surface area contributed by atoms with Gasteiger partial charge in [0.05, 0.1) is 18.2 Å². The molecule has 10 nitrogen and oxygen atoms in total. The molecule has 3 heterocycles. The number of amides is 2. The van der Waals surface area contributed by atoms with Gasteiger partial charge in [-0.3, -0.25) is 14.5 Å². The van der Waals surface area contributed by atoms with Crippen molar-refractivity contribution in [3.05, 3.63) is 65.9 Å². The highest BCUT2D eigenvalue weighted by Gasteiger charge is 2.32. The largest absolute Gasteiger partial charge is 0.487 e. The lowest BCUT2D eigenvalue weighted by molar-refractivity contribution is -0.120. The van der Waals surface area contributed by atoms with Crippen LogP contribution in [-0.2, 0) is 11.3 Å². The van der Waals surface area contributed by atoms with Gasteiger partial charge in [0, 0.05) is 13.2 Å². The molecule has 0 saturated heterocycles. The van der Waals surface area contributed by atoms with Crippen LogP contribution < -0.4 is 15.0 Å². The van der Waals surface area contributed by atoms with Gasteiger partial charge in [-0.25, -0.2) is 14.6 Å². The topological polar surface area (TPSA) is 126 Å². The summed E-state index contributed by atoms with van der Waals surface area (Å²) in [5.74, 6) is -0.155. The Morgan fingerprint density at radius 3 is 3.03 bits per heavy atom. The van der Waals surface area contributed by atoms with Crippen molar-refractivity contribution in [2.45, 2.75) is 12.6 Å². The average molecular weight is 403 g/mol. The number of nitrogens with one attached hydrogen (secondary N) is 1. The van der Waals surface area contributed by atoms with Gasteiger partial charge in [-0.15, -0.1) is 5.10 Å². The minimum absolute atomic E-state index is 0.0325. The van der Waals surface area contributed by atoms with E-state index in [0.717, 1.165) is 5.56 Å². The number of carbonyl (C=O) groups is 2. The summed E-state index contributed by atoms with van der Waals surface area (Å²) in [6.07, 6.45) is 2.99. The van der Waals surface area contributed by atoms with Gasteiger partial charge < -0.3 is 10.1 Å². The van der Waals surface area contributed by atoms with Gasteiger partial charge in [-0.2, -0.15) is 5.26 Å². The van der Waals surface area contributed by atoms with E-state index in [9.17, 15) is 9.59 Å². The molecule has 0 fully saturated rings. The molecule has 30 heavy (non-hydrogen) atoms. The molecule has 1 aromatic carbocycles. The quantitative estimate of drug-likeness (QED) is 0.681. The molecule has 2 aromatic heterocycles. The number of nitrogens with zero attached hydrogens (tertiary/aromatic N) is 6. The summed E-state index contributed by atoms with van der Waals surface area (Å²) < 4.78 is 7.12. The van der Waals surface area contributed by atoms with Crippen molar-refractivity contribution >= 4 is 17.6 Å². The minimum atomic E-state index is -0.907. The summed E-state index contributed by atoms with van der Waals surface area (Å²) in [7, 11) is 1.57. The van der Waals surface area contributed by atoms with Crippen LogP contribution in [0.1, 0.15) is 21.7 Å². The predicted octanol–water partition coefficient (Wildman–Crippen LogP) is 0.747. The van der Waals surface area contributed by atoms with Crippen molar-refractivity contribution in [3.63, 3.8) is 0 Å². The highest BCUT2D eigenvalue weighted by Crippen LogP contribution is 2.27. The Hall–Kier alpha value is -4.26. The summed E-state index contributed by atoms with van der Waals surface area (Å²) in [5.41, 5.74) is 1.39. The molecule has 0 saturated carbocycles. The summed E-state index contributed by atoms with van der Waals surface area (Å²) in [6.45, 7) is 0.320. The molecule has 0 aliphatic carbocycles. The van der Waals surface area contributed by atoms with Crippen molar-refractivity contribution in [1.82, 2.24) is 25.1 Å². The fraction of sp³-hybridized carbons (Fsp3) is 0.200. The number of anilines is 1. The molecular weight excluding hydrogens is 386 g/mol. The summed E-state index contributed by atoms with van der Waals surface area (Å²) in [5, 5.41) is 15.8. The highest BCUT2D eigenvalue weighted by atomic mass is 16.5. The van der Waals surface area contributed by atoms with Crippen molar-refractivity contribution in [3.8, 4) is 11.8 Å². The van der Waals surface area contributed by atoms with E-state index in [2.05, 4.69) is 26.5 Å². The van der Waals surface area contributed by atoms with Crippen LogP contribution in [0.4, 0.5) is 5.82 Å². The van der Waals surface area contributed by atoms with Crippen LogP contribution in [0.25, 0.3) is 0 Å². The molecule has 150 valence electrons.